The van der Waals surface area contributed by atoms with Gasteiger partial charge in [0, 0.05) is 32.4 Å². The number of carbonyl (C=O) groups excluding carboxylic acids is 1. The molecule has 1 aromatic carbocycles. The number of anilines is 1. The zero-order valence-electron chi connectivity index (χ0n) is 12.9. The first kappa shape index (κ1) is 16.5. The SMILES string of the molecule is CCN(CC)C(=O)CNCCCN(C)c1ccccc1. The maximum atomic E-state index is 11.8. The van der Waals surface area contributed by atoms with Gasteiger partial charge in [0.05, 0.1) is 6.54 Å². The van der Waals surface area contributed by atoms with Gasteiger partial charge in [-0.2, -0.15) is 0 Å². The second kappa shape index (κ2) is 9.37. The third-order valence-electron chi connectivity index (χ3n) is 3.44. The minimum absolute atomic E-state index is 0.186. The van der Waals surface area contributed by atoms with Crippen LogP contribution in [0.15, 0.2) is 30.3 Å². The Balaban J connectivity index is 2.15. The van der Waals surface area contributed by atoms with Crippen LogP contribution in [0.25, 0.3) is 0 Å². The van der Waals surface area contributed by atoms with Crippen LogP contribution in [0.1, 0.15) is 20.3 Å². The number of para-hydroxylation sites is 1. The standard InChI is InChI=1S/C16H27N3O/c1-4-19(5-2)16(20)14-17-12-9-13-18(3)15-10-7-6-8-11-15/h6-8,10-11,17H,4-5,9,12-14H2,1-3H3. The topological polar surface area (TPSA) is 35.6 Å². The van der Waals surface area contributed by atoms with Crippen molar-refractivity contribution in [3.8, 4) is 0 Å². The summed E-state index contributed by atoms with van der Waals surface area (Å²) in [7, 11) is 2.09. The van der Waals surface area contributed by atoms with Gasteiger partial charge in [0.1, 0.15) is 0 Å². The third kappa shape index (κ3) is 5.61. The number of benzene rings is 1. The molecule has 0 aromatic heterocycles. The minimum Gasteiger partial charge on any atom is -0.375 e. The maximum absolute atomic E-state index is 11.8. The highest BCUT2D eigenvalue weighted by atomic mass is 16.2. The number of hydrogen-bond acceptors (Lipinski definition) is 3. The zero-order valence-corrected chi connectivity index (χ0v) is 12.9. The van der Waals surface area contributed by atoms with Gasteiger partial charge in [0.15, 0.2) is 0 Å². The van der Waals surface area contributed by atoms with Gasteiger partial charge < -0.3 is 15.1 Å². The van der Waals surface area contributed by atoms with Crippen molar-refractivity contribution in [2.45, 2.75) is 20.3 Å². The number of carbonyl (C=O) groups is 1. The lowest BCUT2D eigenvalue weighted by atomic mass is 10.3. The Morgan fingerprint density at radius 2 is 1.80 bits per heavy atom. The molecule has 0 aliphatic heterocycles. The Kier molecular flexibility index (Phi) is 7.73. The number of nitrogens with one attached hydrogen (secondary N) is 1. The highest BCUT2D eigenvalue weighted by molar-refractivity contribution is 5.78. The zero-order chi connectivity index (χ0) is 14.8. The molecule has 1 N–H and O–H groups in total. The lowest BCUT2D eigenvalue weighted by molar-refractivity contribution is -0.129. The molecule has 0 bridgehead atoms. The predicted molar refractivity (Wildman–Crippen MR) is 85.1 cm³/mol. The highest BCUT2D eigenvalue weighted by Crippen LogP contribution is 2.10. The normalized spacial score (nSPS) is 10.3. The summed E-state index contributed by atoms with van der Waals surface area (Å²) >= 11 is 0. The van der Waals surface area contributed by atoms with E-state index < -0.39 is 0 Å². The van der Waals surface area contributed by atoms with Gasteiger partial charge in [-0.1, -0.05) is 18.2 Å². The van der Waals surface area contributed by atoms with E-state index in [4.69, 9.17) is 0 Å². The molecule has 0 saturated carbocycles. The molecule has 0 aliphatic rings. The molecule has 0 aliphatic carbocycles. The molecular weight excluding hydrogens is 250 g/mol. The van der Waals surface area contributed by atoms with Gasteiger partial charge in [-0.05, 0) is 38.9 Å². The number of nitrogens with zero attached hydrogens (tertiary/aromatic N) is 2. The fourth-order valence-electron chi connectivity index (χ4n) is 2.14. The summed E-state index contributed by atoms with van der Waals surface area (Å²) in [5.41, 5.74) is 1.23. The van der Waals surface area contributed by atoms with E-state index in [2.05, 4.69) is 29.4 Å². The largest absolute Gasteiger partial charge is 0.375 e. The first-order chi connectivity index (χ1) is 9.69. The van der Waals surface area contributed by atoms with Crippen LogP contribution in [-0.2, 0) is 4.79 Å². The first-order valence-electron chi connectivity index (χ1n) is 7.43. The van der Waals surface area contributed by atoms with E-state index in [1.54, 1.807) is 0 Å². The van der Waals surface area contributed by atoms with Crippen LogP contribution in [0.2, 0.25) is 0 Å². The van der Waals surface area contributed by atoms with Crippen molar-refractivity contribution in [2.24, 2.45) is 0 Å². The highest BCUT2D eigenvalue weighted by Gasteiger charge is 2.08. The Bertz CT molecular complexity index is 377. The Morgan fingerprint density at radius 1 is 1.15 bits per heavy atom. The Labute approximate surface area is 122 Å². The van der Waals surface area contributed by atoms with Crippen molar-refractivity contribution in [1.29, 1.82) is 0 Å². The molecule has 0 unspecified atom stereocenters. The molecule has 1 amide bonds. The average molecular weight is 277 g/mol. The fraction of sp³-hybridized carbons (Fsp3) is 0.562. The molecule has 1 rings (SSSR count). The summed E-state index contributed by atoms with van der Waals surface area (Å²) in [5, 5.41) is 3.22. The van der Waals surface area contributed by atoms with E-state index in [1.165, 1.54) is 5.69 Å². The molecule has 112 valence electrons. The van der Waals surface area contributed by atoms with Crippen LogP contribution in [0.4, 0.5) is 5.69 Å². The van der Waals surface area contributed by atoms with Crippen LogP contribution >= 0.6 is 0 Å². The van der Waals surface area contributed by atoms with E-state index in [0.717, 1.165) is 32.6 Å². The van der Waals surface area contributed by atoms with Gasteiger partial charge in [0.25, 0.3) is 0 Å². The Hall–Kier alpha value is -1.55. The maximum Gasteiger partial charge on any atom is 0.236 e. The van der Waals surface area contributed by atoms with Gasteiger partial charge in [0.2, 0.25) is 5.91 Å². The summed E-state index contributed by atoms with van der Waals surface area (Å²) in [5.74, 6) is 0.186. The van der Waals surface area contributed by atoms with Crippen LogP contribution in [-0.4, -0.2) is 50.6 Å². The number of likely N-dealkylation sites (N-methyl/N-ethyl adjacent to an activating group) is 1. The smallest absolute Gasteiger partial charge is 0.236 e. The average Bonchev–Trinajstić information content (AvgIpc) is 2.49. The molecule has 20 heavy (non-hydrogen) atoms. The molecule has 4 heteroatoms. The van der Waals surface area contributed by atoms with Crippen molar-refractivity contribution >= 4 is 11.6 Å². The van der Waals surface area contributed by atoms with Gasteiger partial charge in [-0.3, -0.25) is 4.79 Å². The summed E-state index contributed by atoms with van der Waals surface area (Å²) in [6.45, 7) is 7.88. The van der Waals surface area contributed by atoms with E-state index in [1.807, 2.05) is 36.9 Å². The van der Waals surface area contributed by atoms with Crippen LogP contribution in [0.5, 0.6) is 0 Å². The number of amides is 1. The van der Waals surface area contributed by atoms with E-state index in [-0.39, 0.29) is 5.91 Å². The number of hydrogen-bond donors (Lipinski definition) is 1. The molecule has 0 spiro atoms. The summed E-state index contributed by atoms with van der Waals surface area (Å²) in [6.07, 6.45) is 1.02. The summed E-state index contributed by atoms with van der Waals surface area (Å²) < 4.78 is 0. The molecule has 4 nitrogen and oxygen atoms in total. The first-order valence-corrected chi connectivity index (χ1v) is 7.43. The van der Waals surface area contributed by atoms with Crippen LogP contribution in [0.3, 0.4) is 0 Å². The molecule has 0 fully saturated rings. The van der Waals surface area contributed by atoms with Crippen LogP contribution in [0, 0.1) is 0 Å². The Morgan fingerprint density at radius 3 is 2.40 bits per heavy atom. The molecule has 0 heterocycles. The monoisotopic (exact) mass is 277 g/mol. The van der Waals surface area contributed by atoms with Crippen molar-refractivity contribution in [3.05, 3.63) is 30.3 Å². The van der Waals surface area contributed by atoms with Crippen LogP contribution < -0.4 is 10.2 Å². The lowest BCUT2D eigenvalue weighted by Gasteiger charge is -2.20. The molecule has 0 saturated heterocycles. The fourth-order valence-corrected chi connectivity index (χ4v) is 2.14. The summed E-state index contributed by atoms with van der Waals surface area (Å²) in [4.78, 5) is 15.9. The predicted octanol–water partition coefficient (Wildman–Crippen LogP) is 1.97. The lowest BCUT2D eigenvalue weighted by Crippen LogP contribution is -2.38. The van der Waals surface area contributed by atoms with Gasteiger partial charge in [-0.15, -0.1) is 0 Å². The van der Waals surface area contributed by atoms with Crippen molar-refractivity contribution in [3.63, 3.8) is 0 Å². The van der Waals surface area contributed by atoms with Crippen molar-refractivity contribution in [1.82, 2.24) is 10.2 Å². The van der Waals surface area contributed by atoms with E-state index in [9.17, 15) is 4.79 Å². The van der Waals surface area contributed by atoms with Crippen molar-refractivity contribution in [2.75, 3.05) is 44.7 Å². The minimum atomic E-state index is 0.186. The van der Waals surface area contributed by atoms with Crippen molar-refractivity contribution < 1.29 is 4.79 Å². The summed E-state index contributed by atoms with van der Waals surface area (Å²) in [6, 6.07) is 10.3. The third-order valence-corrected chi connectivity index (χ3v) is 3.44. The number of rotatable bonds is 9. The van der Waals surface area contributed by atoms with E-state index >= 15 is 0 Å². The van der Waals surface area contributed by atoms with E-state index in [0.29, 0.717) is 6.54 Å². The van der Waals surface area contributed by atoms with Gasteiger partial charge >= 0.3 is 0 Å². The molecule has 0 atom stereocenters. The molecule has 0 radical (unpaired) electrons. The molecule has 1 aromatic rings. The molecular formula is C16H27N3O. The van der Waals surface area contributed by atoms with Gasteiger partial charge in [-0.25, -0.2) is 0 Å². The second-order valence-electron chi connectivity index (χ2n) is 4.85. The second-order valence-corrected chi connectivity index (χ2v) is 4.85. The quantitative estimate of drug-likeness (QED) is 0.701.